The maximum absolute atomic E-state index is 12.6. The van der Waals surface area contributed by atoms with Crippen LogP contribution in [0.15, 0.2) is 72.9 Å². The summed E-state index contributed by atoms with van der Waals surface area (Å²) in [6.45, 7) is 5.36. The number of esters is 1. The first-order valence-electron chi connectivity index (χ1n) is 20.7. The third-order valence-electron chi connectivity index (χ3n) is 8.25. The highest BCUT2D eigenvalue weighted by atomic mass is 31.2. The first-order valence-corrected chi connectivity index (χ1v) is 22.2. The molecule has 0 aliphatic heterocycles. The molecule has 0 aromatic carbocycles. The van der Waals surface area contributed by atoms with E-state index in [1.165, 1.54) is 25.7 Å². The maximum atomic E-state index is 12.6. The zero-order valence-electron chi connectivity index (χ0n) is 34.5. The van der Waals surface area contributed by atoms with E-state index in [-0.39, 0.29) is 25.8 Å². The van der Waals surface area contributed by atoms with Crippen molar-refractivity contribution in [3.63, 3.8) is 0 Å². The van der Waals surface area contributed by atoms with E-state index in [1.807, 2.05) is 21.1 Å². The third kappa shape index (κ3) is 41.0. The Morgan fingerprint density at radius 2 is 1.09 bits per heavy atom. The van der Waals surface area contributed by atoms with Gasteiger partial charge in [-0.15, -0.1) is 0 Å². The summed E-state index contributed by atoms with van der Waals surface area (Å²) in [5.41, 5.74) is 0. The van der Waals surface area contributed by atoms with Crippen LogP contribution < -0.4 is 0 Å². The second-order valence-electron chi connectivity index (χ2n) is 14.6. The van der Waals surface area contributed by atoms with Gasteiger partial charge in [0.25, 0.3) is 0 Å². The van der Waals surface area contributed by atoms with Gasteiger partial charge >= 0.3 is 13.8 Å². The van der Waals surface area contributed by atoms with Gasteiger partial charge in [-0.05, 0) is 77.0 Å². The Morgan fingerprint density at radius 3 is 1.66 bits per heavy atom. The molecule has 2 unspecified atom stereocenters. The van der Waals surface area contributed by atoms with Crippen LogP contribution in [-0.2, 0) is 27.9 Å². The number of quaternary nitrogens is 1. The molecule has 2 atom stereocenters. The number of carbonyl (C=O) groups excluding carboxylic acids is 1. The summed E-state index contributed by atoms with van der Waals surface area (Å²) in [6.07, 6.45) is 46.5. The Morgan fingerprint density at radius 1 is 0.604 bits per heavy atom. The number of carbonyl (C=O) groups is 1. The van der Waals surface area contributed by atoms with Crippen molar-refractivity contribution in [1.82, 2.24) is 0 Å². The van der Waals surface area contributed by atoms with E-state index in [4.69, 9.17) is 18.5 Å². The average molecular weight is 765 g/mol. The van der Waals surface area contributed by atoms with Gasteiger partial charge in [0.15, 0.2) is 0 Å². The Hall–Kier alpha value is -2.06. The molecule has 0 heterocycles. The number of rotatable bonds is 37. The van der Waals surface area contributed by atoms with Crippen molar-refractivity contribution < 1.29 is 37.3 Å². The molecule has 0 aromatic heterocycles. The summed E-state index contributed by atoms with van der Waals surface area (Å²) in [7, 11) is 1.63. The standard InChI is InChI=1S/C44H78NO7P/c1-6-8-10-12-14-16-18-19-20-21-22-23-24-25-26-28-30-32-34-36-39-49-41-43(42-51-53(47,48)50-40-38-45(3,4)5)52-44(46)37-35-33-31-29-27-17-15-13-11-9-7-2/h8,10,13-16,19-20,22-23,25-26,43H,6-7,9,11-12,17-18,21,24,27-42H2,1-5H3/p+1/b10-8-,15-13-,16-14-,20-19-,23-22-,26-25-. The molecule has 0 aliphatic carbocycles. The SMILES string of the molecule is CC/C=C\C/C=C\C/C=C\C/C=C\C/C=C\CCCCCCOCC(COP(=O)(O)OCC[N+](C)(C)C)OC(=O)CCCCCCC/C=C\CCCC. The lowest BCUT2D eigenvalue weighted by Gasteiger charge is -2.24. The molecule has 0 aromatic rings. The number of phosphoric ester groups is 1. The summed E-state index contributed by atoms with van der Waals surface area (Å²) in [4.78, 5) is 22.8. The molecule has 9 heteroatoms. The van der Waals surface area contributed by atoms with Gasteiger partial charge in [0.2, 0.25) is 0 Å². The highest BCUT2D eigenvalue weighted by Crippen LogP contribution is 2.43. The fraction of sp³-hybridized carbons (Fsp3) is 0.705. The van der Waals surface area contributed by atoms with Crippen LogP contribution in [0.3, 0.4) is 0 Å². The number of unbranched alkanes of at least 4 members (excludes halogenated alkanes) is 11. The van der Waals surface area contributed by atoms with Crippen molar-refractivity contribution in [1.29, 1.82) is 0 Å². The number of likely N-dealkylation sites (N-methyl/N-ethyl adjacent to an activating group) is 1. The van der Waals surface area contributed by atoms with Crippen LogP contribution in [0.1, 0.15) is 142 Å². The van der Waals surface area contributed by atoms with Gasteiger partial charge in [0.05, 0.1) is 34.4 Å². The van der Waals surface area contributed by atoms with E-state index in [0.717, 1.165) is 96.3 Å². The number of ether oxygens (including phenoxy) is 2. The van der Waals surface area contributed by atoms with Crippen LogP contribution >= 0.6 is 7.82 Å². The predicted molar refractivity (Wildman–Crippen MR) is 224 cm³/mol. The molecule has 0 radical (unpaired) electrons. The molecule has 306 valence electrons. The minimum atomic E-state index is -4.28. The van der Waals surface area contributed by atoms with Crippen molar-refractivity contribution in [2.24, 2.45) is 0 Å². The summed E-state index contributed by atoms with van der Waals surface area (Å²) in [5.74, 6) is -0.338. The maximum Gasteiger partial charge on any atom is 0.472 e. The second-order valence-corrected chi connectivity index (χ2v) is 16.1. The molecule has 8 nitrogen and oxygen atoms in total. The van der Waals surface area contributed by atoms with E-state index in [2.05, 4.69) is 86.8 Å². The molecule has 0 bridgehead atoms. The lowest BCUT2D eigenvalue weighted by molar-refractivity contribution is -0.870. The first kappa shape index (κ1) is 50.9. The van der Waals surface area contributed by atoms with E-state index in [9.17, 15) is 14.3 Å². The molecule has 0 aliphatic rings. The fourth-order valence-corrected chi connectivity index (χ4v) is 5.77. The number of phosphoric acid groups is 1. The minimum Gasteiger partial charge on any atom is -0.457 e. The summed E-state index contributed by atoms with van der Waals surface area (Å²) >= 11 is 0. The quantitative estimate of drug-likeness (QED) is 0.0221. The first-order chi connectivity index (χ1) is 25.6. The molecule has 0 saturated heterocycles. The average Bonchev–Trinajstić information content (AvgIpc) is 3.11. The van der Waals surface area contributed by atoms with Crippen LogP contribution in [0.5, 0.6) is 0 Å². The van der Waals surface area contributed by atoms with Gasteiger partial charge in [-0.1, -0.05) is 132 Å². The number of nitrogens with zero attached hydrogens (tertiary/aromatic N) is 1. The fourth-order valence-electron chi connectivity index (χ4n) is 5.03. The van der Waals surface area contributed by atoms with Crippen LogP contribution in [0.4, 0.5) is 0 Å². The molecule has 0 amide bonds. The van der Waals surface area contributed by atoms with Crippen LogP contribution in [0.25, 0.3) is 0 Å². The van der Waals surface area contributed by atoms with Crippen molar-refractivity contribution in [3.8, 4) is 0 Å². The van der Waals surface area contributed by atoms with Crippen molar-refractivity contribution in [2.75, 3.05) is 54.1 Å². The highest BCUT2D eigenvalue weighted by molar-refractivity contribution is 7.47. The van der Waals surface area contributed by atoms with Crippen LogP contribution in [0.2, 0.25) is 0 Å². The molecular weight excluding hydrogens is 685 g/mol. The molecule has 0 rings (SSSR count). The largest absolute Gasteiger partial charge is 0.472 e. The Kier molecular flexibility index (Phi) is 35.5. The van der Waals surface area contributed by atoms with Gasteiger partial charge in [0, 0.05) is 13.0 Å². The summed E-state index contributed by atoms with van der Waals surface area (Å²) in [5, 5.41) is 0. The van der Waals surface area contributed by atoms with Gasteiger partial charge in [0.1, 0.15) is 19.3 Å². The lowest BCUT2D eigenvalue weighted by atomic mass is 10.1. The van der Waals surface area contributed by atoms with E-state index in [0.29, 0.717) is 24.1 Å². The Labute approximate surface area is 325 Å². The van der Waals surface area contributed by atoms with Crippen molar-refractivity contribution in [2.45, 2.75) is 148 Å². The second kappa shape index (κ2) is 36.9. The minimum absolute atomic E-state index is 0.0778. The summed E-state index contributed by atoms with van der Waals surface area (Å²) < 4.78 is 34.9. The van der Waals surface area contributed by atoms with Crippen LogP contribution in [0, 0.1) is 0 Å². The molecule has 1 N–H and O–H groups in total. The normalized spacial score (nSPS) is 14.6. The third-order valence-corrected chi connectivity index (χ3v) is 9.24. The lowest BCUT2D eigenvalue weighted by Crippen LogP contribution is -2.37. The highest BCUT2D eigenvalue weighted by Gasteiger charge is 2.26. The number of hydrogen-bond donors (Lipinski definition) is 1. The van der Waals surface area contributed by atoms with Crippen molar-refractivity contribution >= 4 is 13.8 Å². The summed E-state index contributed by atoms with van der Waals surface area (Å²) in [6, 6.07) is 0. The van der Waals surface area contributed by atoms with Gasteiger partial charge < -0.3 is 18.9 Å². The molecule has 0 saturated carbocycles. The predicted octanol–water partition coefficient (Wildman–Crippen LogP) is 11.9. The van der Waals surface area contributed by atoms with Gasteiger partial charge in [-0.3, -0.25) is 13.8 Å². The topological polar surface area (TPSA) is 91.3 Å². The Balaban J connectivity index is 4.31. The van der Waals surface area contributed by atoms with Gasteiger partial charge in [-0.2, -0.15) is 0 Å². The Bertz CT molecular complexity index is 1070. The molecule has 0 spiro atoms. The van der Waals surface area contributed by atoms with E-state index in [1.54, 1.807) is 0 Å². The van der Waals surface area contributed by atoms with Crippen molar-refractivity contribution in [3.05, 3.63) is 72.9 Å². The van der Waals surface area contributed by atoms with Gasteiger partial charge in [-0.25, -0.2) is 4.57 Å². The zero-order chi connectivity index (χ0) is 39.1. The number of allylic oxidation sites excluding steroid dienone is 12. The monoisotopic (exact) mass is 765 g/mol. The van der Waals surface area contributed by atoms with Crippen LogP contribution in [-0.4, -0.2) is 75.6 Å². The molecular formula is C44H79NO7P+. The smallest absolute Gasteiger partial charge is 0.457 e. The van der Waals surface area contributed by atoms with E-state index >= 15 is 0 Å². The molecule has 0 fully saturated rings. The molecule has 53 heavy (non-hydrogen) atoms. The zero-order valence-corrected chi connectivity index (χ0v) is 35.4. The number of hydrogen-bond acceptors (Lipinski definition) is 6. The van der Waals surface area contributed by atoms with E-state index < -0.39 is 13.9 Å².